The zero-order valence-corrected chi connectivity index (χ0v) is 19.0. The maximum Gasteiger partial charge on any atom is 0.404 e. The minimum absolute atomic E-state index is 0.0298. The molecule has 0 spiro atoms. The summed E-state index contributed by atoms with van der Waals surface area (Å²) in [4.78, 5) is 15.1. The summed E-state index contributed by atoms with van der Waals surface area (Å²) in [5.74, 6) is -0.496. The van der Waals surface area contributed by atoms with Crippen LogP contribution in [-0.4, -0.2) is 40.4 Å². The number of hydrogen-bond acceptors (Lipinski definition) is 5. The lowest BCUT2D eigenvalue weighted by Gasteiger charge is -2.29. The van der Waals surface area contributed by atoms with Crippen LogP contribution < -0.4 is 5.32 Å². The molecule has 0 aliphatic carbocycles. The molecule has 10 heteroatoms. The van der Waals surface area contributed by atoms with Crippen LogP contribution in [0.3, 0.4) is 0 Å². The van der Waals surface area contributed by atoms with Crippen molar-refractivity contribution >= 4 is 15.9 Å². The number of halogens is 1. The SMILES string of the molecule is Cc1c(F)cccc1-n1nc(CC(NC(=O)O)C(C)(C)C)cc1S(=O)(=O)c1cccnc1. The van der Waals surface area contributed by atoms with Crippen LogP contribution >= 0.6 is 0 Å². The second-order valence-electron chi connectivity index (χ2n) is 8.53. The van der Waals surface area contributed by atoms with Crippen molar-refractivity contribution in [1.29, 1.82) is 0 Å². The van der Waals surface area contributed by atoms with Crippen LogP contribution in [0.4, 0.5) is 9.18 Å². The highest BCUT2D eigenvalue weighted by Crippen LogP contribution is 2.28. The highest BCUT2D eigenvalue weighted by atomic mass is 32.2. The van der Waals surface area contributed by atoms with Gasteiger partial charge in [-0.1, -0.05) is 26.8 Å². The minimum Gasteiger partial charge on any atom is -0.465 e. The van der Waals surface area contributed by atoms with Gasteiger partial charge in [0.05, 0.1) is 16.3 Å². The minimum atomic E-state index is -4.04. The number of carboxylic acid groups (broad SMARTS) is 1. The number of aromatic nitrogens is 3. The molecule has 0 fully saturated rings. The first kappa shape index (κ1) is 23.4. The number of nitrogens with zero attached hydrogens (tertiary/aromatic N) is 3. The predicted molar refractivity (Wildman–Crippen MR) is 116 cm³/mol. The van der Waals surface area contributed by atoms with Crippen molar-refractivity contribution in [2.75, 3.05) is 0 Å². The molecule has 0 saturated heterocycles. The van der Waals surface area contributed by atoms with Gasteiger partial charge in [0.25, 0.3) is 0 Å². The lowest BCUT2D eigenvalue weighted by Crippen LogP contribution is -2.44. The van der Waals surface area contributed by atoms with E-state index in [9.17, 15) is 22.7 Å². The van der Waals surface area contributed by atoms with Crippen molar-refractivity contribution in [2.45, 2.75) is 50.1 Å². The summed E-state index contributed by atoms with van der Waals surface area (Å²) < 4.78 is 42.2. The second-order valence-corrected chi connectivity index (χ2v) is 10.4. The molecule has 0 aliphatic rings. The fraction of sp³-hybridized carbons (Fsp3) is 0.318. The van der Waals surface area contributed by atoms with Crippen molar-refractivity contribution in [3.63, 3.8) is 0 Å². The molecule has 3 rings (SSSR count). The van der Waals surface area contributed by atoms with Crippen molar-refractivity contribution in [2.24, 2.45) is 5.41 Å². The molecule has 170 valence electrons. The molecular weight excluding hydrogens is 435 g/mol. The largest absolute Gasteiger partial charge is 0.465 e. The highest BCUT2D eigenvalue weighted by molar-refractivity contribution is 7.91. The van der Waals surface area contributed by atoms with E-state index < -0.39 is 33.2 Å². The zero-order chi connectivity index (χ0) is 23.7. The van der Waals surface area contributed by atoms with Gasteiger partial charge in [0.1, 0.15) is 5.82 Å². The number of carbonyl (C=O) groups is 1. The Balaban J connectivity index is 2.19. The maximum atomic E-state index is 14.3. The van der Waals surface area contributed by atoms with E-state index in [2.05, 4.69) is 15.4 Å². The van der Waals surface area contributed by atoms with Gasteiger partial charge in [0, 0.05) is 30.4 Å². The molecule has 8 nitrogen and oxygen atoms in total. The van der Waals surface area contributed by atoms with E-state index in [1.54, 1.807) is 6.07 Å². The van der Waals surface area contributed by atoms with E-state index >= 15 is 0 Å². The Hall–Kier alpha value is -3.27. The van der Waals surface area contributed by atoms with Gasteiger partial charge < -0.3 is 10.4 Å². The van der Waals surface area contributed by atoms with Crippen LogP contribution in [-0.2, 0) is 16.3 Å². The molecule has 32 heavy (non-hydrogen) atoms. The number of rotatable bonds is 6. The van der Waals surface area contributed by atoms with Crippen LogP contribution in [0.25, 0.3) is 5.69 Å². The molecule has 0 bridgehead atoms. The lowest BCUT2D eigenvalue weighted by molar-refractivity contribution is 0.174. The molecule has 2 N–H and O–H groups in total. The third-order valence-electron chi connectivity index (χ3n) is 5.17. The van der Waals surface area contributed by atoms with Crippen molar-refractivity contribution in [1.82, 2.24) is 20.1 Å². The number of pyridine rings is 1. The predicted octanol–water partition coefficient (Wildman–Crippen LogP) is 3.77. The summed E-state index contributed by atoms with van der Waals surface area (Å²) in [5, 5.41) is 16.0. The summed E-state index contributed by atoms with van der Waals surface area (Å²) in [6.45, 7) is 7.15. The van der Waals surface area contributed by atoms with Crippen LogP contribution in [0.5, 0.6) is 0 Å². The summed E-state index contributed by atoms with van der Waals surface area (Å²) in [6, 6.07) is 8.12. The third kappa shape index (κ3) is 4.80. The average molecular weight is 461 g/mol. The molecule has 1 atom stereocenters. The second kappa shape index (κ2) is 8.70. The first-order valence-electron chi connectivity index (χ1n) is 9.90. The standard InChI is InChI=1S/C22H25FN4O4S/c1-14-17(23)8-5-9-18(14)27-20(32(30,31)16-7-6-10-24-13-16)12-15(26-27)11-19(22(2,3)4)25-21(28)29/h5-10,12-13,19,25H,11H2,1-4H3,(H,28,29). The molecule has 0 radical (unpaired) electrons. The van der Waals surface area contributed by atoms with Gasteiger partial charge in [-0.3, -0.25) is 4.98 Å². The molecule has 0 aliphatic heterocycles. The van der Waals surface area contributed by atoms with Gasteiger partial charge in [-0.05, 0) is 42.7 Å². The Labute approximate surface area is 186 Å². The van der Waals surface area contributed by atoms with Crippen LogP contribution in [0.2, 0.25) is 0 Å². The van der Waals surface area contributed by atoms with E-state index in [-0.39, 0.29) is 27.6 Å². The Kier molecular flexibility index (Phi) is 6.36. The number of amides is 1. The maximum absolute atomic E-state index is 14.3. The fourth-order valence-electron chi connectivity index (χ4n) is 3.26. The summed E-state index contributed by atoms with van der Waals surface area (Å²) in [7, 11) is -4.04. The monoisotopic (exact) mass is 460 g/mol. The molecule has 0 saturated carbocycles. The van der Waals surface area contributed by atoms with Crippen molar-refractivity contribution < 1.29 is 22.7 Å². The fourth-order valence-corrected chi connectivity index (χ4v) is 4.62. The Morgan fingerprint density at radius 1 is 1.25 bits per heavy atom. The van der Waals surface area contributed by atoms with E-state index in [1.165, 1.54) is 54.3 Å². The molecule has 3 aromatic rings. The summed E-state index contributed by atoms with van der Waals surface area (Å²) in [6.07, 6.45) is 1.65. The molecule has 1 amide bonds. The van der Waals surface area contributed by atoms with Crippen LogP contribution in [0, 0.1) is 18.2 Å². The Bertz CT molecular complexity index is 1230. The molecular formula is C22H25FN4O4S. The third-order valence-corrected chi connectivity index (χ3v) is 6.87. The molecule has 1 aromatic carbocycles. The van der Waals surface area contributed by atoms with Crippen molar-refractivity contribution in [3.05, 3.63) is 65.9 Å². The van der Waals surface area contributed by atoms with E-state index in [4.69, 9.17) is 0 Å². The molecule has 2 heterocycles. The van der Waals surface area contributed by atoms with E-state index in [0.29, 0.717) is 5.69 Å². The zero-order valence-electron chi connectivity index (χ0n) is 18.2. The van der Waals surface area contributed by atoms with Gasteiger partial charge >= 0.3 is 6.09 Å². The molecule has 1 unspecified atom stereocenters. The number of benzene rings is 1. The number of sulfone groups is 1. The van der Waals surface area contributed by atoms with Gasteiger partial charge in [-0.2, -0.15) is 5.10 Å². The topological polar surface area (TPSA) is 114 Å². The Morgan fingerprint density at radius 3 is 2.56 bits per heavy atom. The summed E-state index contributed by atoms with van der Waals surface area (Å²) in [5.41, 5.74) is 0.405. The van der Waals surface area contributed by atoms with Crippen LogP contribution in [0.15, 0.2) is 58.7 Å². The van der Waals surface area contributed by atoms with Crippen LogP contribution in [0.1, 0.15) is 32.0 Å². The number of nitrogens with one attached hydrogen (secondary N) is 1. The van der Waals surface area contributed by atoms with Gasteiger partial charge in [-0.25, -0.2) is 22.3 Å². The quantitative estimate of drug-likeness (QED) is 0.579. The van der Waals surface area contributed by atoms with Crippen molar-refractivity contribution in [3.8, 4) is 5.69 Å². The molecule has 2 aromatic heterocycles. The van der Waals surface area contributed by atoms with E-state index in [0.717, 1.165) is 0 Å². The Morgan fingerprint density at radius 2 is 1.97 bits per heavy atom. The van der Waals surface area contributed by atoms with Gasteiger partial charge in [-0.15, -0.1) is 0 Å². The van der Waals surface area contributed by atoms with Gasteiger partial charge in [0.15, 0.2) is 5.03 Å². The summed E-state index contributed by atoms with van der Waals surface area (Å²) >= 11 is 0. The lowest BCUT2D eigenvalue weighted by atomic mass is 9.84. The first-order valence-corrected chi connectivity index (χ1v) is 11.4. The number of hydrogen-bond donors (Lipinski definition) is 2. The smallest absolute Gasteiger partial charge is 0.404 e. The highest BCUT2D eigenvalue weighted by Gasteiger charge is 2.30. The average Bonchev–Trinajstić information content (AvgIpc) is 3.14. The van der Waals surface area contributed by atoms with E-state index in [1.807, 2.05) is 20.8 Å². The first-order chi connectivity index (χ1) is 14.9. The van der Waals surface area contributed by atoms with Gasteiger partial charge in [0.2, 0.25) is 9.84 Å². The normalized spacial score (nSPS) is 13.0.